The van der Waals surface area contributed by atoms with Crippen LogP contribution in [-0.2, 0) is 4.74 Å². The molecule has 0 amide bonds. The SMILES string of the molecule is O[C@@H]1COCC[C@H]1Nc1ncc2c(F)c(Cl)c(C3CC(F)(F)C3)n2n1. The van der Waals surface area contributed by atoms with Crippen molar-refractivity contribution in [2.24, 2.45) is 0 Å². The van der Waals surface area contributed by atoms with Crippen LogP contribution in [0.1, 0.15) is 30.9 Å². The minimum atomic E-state index is -2.76. The number of alkyl halides is 2. The molecular formula is C15H16ClF3N4O2. The van der Waals surface area contributed by atoms with E-state index in [4.69, 9.17) is 16.3 Å². The quantitative estimate of drug-likeness (QED) is 0.861. The third-order valence-corrected chi connectivity index (χ3v) is 5.08. The third-order valence-electron chi connectivity index (χ3n) is 4.72. The number of nitrogens with one attached hydrogen (secondary N) is 1. The molecule has 2 aliphatic rings. The summed E-state index contributed by atoms with van der Waals surface area (Å²) >= 11 is 6.02. The van der Waals surface area contributed by atoms with E-state index in [1.807, 2.05) is 0 Å². The molecule has 1 aliphatic carbocycles. The Balaban J connectivity index is 1.67. The molecule has 0 bridgehead atoms. The van der Waals surface area contributed by atoms with Gasteiger partial charge in [0.15, 0.2) is 5.82 Å². The summed E-state index contributed by atoms with van der Waals surface area (Å²) in [5, 5.41) is 16.9. The summed E-state index contributed by atoms with van der Waals surface area (Å²) in [4.78, 5) is 4.04. The summed E-state index contributed by atoms with van der Waals surface area (Å²) < 4.78 is 47.1. The molecule has 136 valence electrons. The number of hydrogen-bond acceptors (Lipinski definition) is 5. The van der Waals surface area contributed by atoms with Crippen molar-refractivity contribution in [1.29, 1.82) is 0 Å². The molecule has 2 aromatic rings. The van der Waals surface area contributed by atoms with Crippen molar-refractivity contribution in [3.05, 3.63) is 22.7 Å². The molecule has 0 unspecified atom stereocenters. The van der Waals surface area contributed by atoms with E-state index in [0.29, 0.717) is 13.0 Å². The smallest absolute Gasteiger partial charge is 0.249 e. The van der Waals surface area contributed by atoms with Gasteiger partial charge in [0.1, 0.15) is 10.5 Å². The zero-order valence-electron chi connectivity index (χ0n) is 13.1. The van der Waals surface area contributed by atoms with Crippen LogP contribution >= 0.6 is 11.6 Å². The molecule has 3 heterocycles. The van der Waals surface area contributed by atoms with Crippen LogP contribution in [0.15, 0.2) is 6.20 Å². The van der Waals surface area contributed by atoms with E-state index in [1.165, 1.54) is 10.7 Å². The Hall–Kier alpha value is -1.58. The first-order valence-corrected chi connectivity index (χ1v) is 8.36. The van der Waals surface area contributed by atoms with Crippen LogP contribution in [0, 0.1) is 5.82 Å². The van der Waals surface area contributed by atoms with E-state index in [2.05, 4.69) is 15.4 Å². The summed E-state index contributed by atoms with van der Waals surface area (Å²) in [5.74, 6) is -3.87. The minimum Gasteiger partial charge on any atom is -0.389 e. The highest BCUT2D eigenvalue weighted by Crippen LogP contribution is 2.50. The normalized spacial score (nSPS) is 26.6. The average Bonchev–Trinajstić information content (AvgIpc) is 2.78. The highest BCUT2D eigenvalue weighted by molar-refractivity contribution is 6.32. The average molecular weight is 377 g/mol. The summed E-state index contributed by atoms with van der Waals surface area (Å²) in [6, 6.07) is -0.307. The van der Waals surface area contributed by atoms with Crippen LogP contribution in [0.25, 0.3) is 5.52 Å². The molecule has 1 aliphatic heterocycles. The lowest BCUT2D eigenvalue weighted by Crippen LogP contribution is -2.42. The first kappa shape index (κ1) is 16.9. The Morgan fingerprint density at radius 2 is 2.16 bits per heavy atom. The van der Waals surface area contributed by atoms with Gasteiger partial charge in [-0.05, 0) is 6.42 Å². The Morgan fingerprint density at radius 3 is 2.84 bits per heavy atom. The van der Waals surface area contributed by atoms with Gasteiger partial charge in [0.2, 0.25) is 11.9 Å². The number of fused-ring (bicyclic) bond motifs is 1. The van der Waals surface area contributed by atoms with Crippen molar-refractivity contribution in [2.45, 2.75) is 43.2 Å². The van der Waals surface area contributed by atoms with Gasteiger partial charge in [-0.2, -0.15) is 0 Å². The van der Waals surface area contributed by atoms with Crippen molar-refractivity contribution in [3.63, 3.8) is 0 Å². The van der Waals surface area contributed by atoms with E-state index < -0.39 is 23.8 Å². The van der Waals surface area contributed by atoms with Crippen molar-refractivity contribution in [1.82, 2.24) is 14.6 Å². The number of hydrogen-bond donors (Lipinski definition) is 2. The predicted molar refractivity (Wildman–Crippen MR) is 83.7 cm³/mol. The molecule has 4 rings (SSSR count). The van der Waals surface area contributed by atoms with Gasteiger partial charge in [-0.1, -0.05) is 11.6 Å². The topological polar surface area (TPSA) is 71.7 Å². The van der Waals surface area contributed by atoms with E-state index in [0.717, 1.165) is 0 Å². The summed E-state index contributed by atoms with van der Waals surface area (Å²) in [5.41, 5.74) is 0.270. The fourth-order valence-corrected chi connectivity index (χ4v) is 3.66. The molecule has 0 spiro atoms. The lowest BCUT2D eigenvalue weighted by atomic mass is 9.79. The van der Waals surface area contributed by atoms with E-state index in [-0.39, 0.29) is 47.7 Å². The van der Waals surface area contributed by atoms with Gasteiger partial charge < -0.3 is 15.2 Å². The predicted octanol–water partition coefficient (Wildman–Crippen LogP) is 2.60. The molecule has 6 nitrogen and oxygen atoms in total. The molecule has 2 N–H and O–H groups in total. The molecule has 0 radical (unpaired) electrons. The third kappa shape index (κ3) is 2.94. The first-order valence-electron chi connectivity index (χ1n) is 7.98. The molecule has 2 fully saturated rings. The van der Waals surface area contributed by atoms with Crippen molar-refractivity contribution >= 4 is 23.1 Å². The van der Waals surface area contributed by atoms with Gasteiger partial charge in [-0.15, -0.1) is 5.10 Å². The minimum absolute atomic E-state index is 0.0355. The van der Waals surface area contributed by atoms with Crippen molar-refractivity contribution < 1.29 is 23.0 Å². The van der Waals surface area contributed by atoms with E-state index in [9.17, 15) is 18.3 Å². The zero-order chi connectivity index (χ0) is 17.8. The Labute approximate surface area is 145 Å². The summed E-state index contributed by atoms with van der Waals surface area (Å²) in [7, 11) is 0. The molecule has 0 aromatic carbocycles. The summed E-state index contributed by atoms with van der Waals surface area (Å²) in [6.45, 7) is 0.690. The van der Waals surface area contributed by atoms with Gasteiger partial charge in [-0.25, -0.2) is 22.7 Å². The fourth-order valence-electron chi connectivity index (χ4n) is 3.33. The molecule has 1 saturated carbocycles. The number of nitrogens with zero attached hydrogens (tertiary/aromatic N) is 3. The number of aromatic nitrogens is 3. The molecule has 2 aromatic heterocycles. The molecule has 1 saturated heterocycles. The van der Waals surface area contributed by atoms with Crippen molar-refractivity contribution in [2.75, 3.05) is 18.5 Å². The van der Waals surface area contributed by atoms with Crippen LogP contribution in [0.4, 0.5) is 19.1 Å². The van der Waals surface area contributed by atoms with Gasteiger partial charge in [0.25, 0.3) is 0 Å². The number of rotatable bonds is 3. The van der Waals surface area contributed by atoms with Crippen LogP contribution in [0.2, 0.25) is 5.02 Å². The molecular weight excluding hydrogens is 361 g/mol. The Morgan fingerprint density at radius 1 is 1.40 bits per heavy atom. The largest absolute Gasteiger partial charge is 0.389 e. The van der Waals surface area contributed by atoms with E-state index >= 15 is 0 Å². The number of ether oxygens (including phenoxy) is 1. The highest BCUT2D eigenvalue weighted by atomic mass is 35.5. The monoisotopic (exact) mass is 376 g/mol. The molecule has 10 heteroatoms. The number of anilines is 1. The van der Waals surface area contributed by atoms with Gasteiger partial charge in [-0.3, -0.25) is 0 Å². The van der Waals surface area contributed by atoms with Gasteiger partial charge in [0.05, 0.1) is 30.6 Å². The Kier molecular flexibility index (Phi) is 4.04. The fraction of sp³-hybridized carbons (Fsp3) is 0.600. The van der Waals surface area contributed by atoms with E-state index in [1.54, 1.807) is 0 Å². The van der Waals surface area contributed by atoms with Crippen LogP contribution in [-0.4, -0.2) is 51.0 Å². The number of halogens is 4. The van der Waals surface area contributed by atoms with Gasteiger partial charge in [0, 0.05) is 25.4 Å². The second-order valence-electron chi connectivity index (χ2n) is 6.53. The number of aliphatic hydroxyl groups is 1. The molecule has 2 atom stereocenters. The van der Waals surface area contributed by atoms with Crippen LogP contribution in [0.3, 0.4) is 0 Å². The second kappa shape index (κ2) is 6.00. The standard InChI is InChI=1S/C15H16ClF3N4O2/c16-11-12(17)9-5-20-14(21-8-1-2-25-6-10(8)24)22-23(9)13(11)7-3-15(18,19)4-7/h5,7-8,10,24H,1-4,6H2,(H,21,22)/t8-,10-/m1/s1. The lowest BCUT2D eigenvalue weighted by Gasteiger charge is -2.34. The summed E-state index contributed by atoms with van der Waals surface area (Å²) in [6.07, 6.45) is 0.323. The van der Waals surface area contributed by atoms with Crippen LogP contribution in [0.5, 0.6) is 0 Å². The lowest BCUT2D eigenvalue weighted by molar-refractivity contribution is -0.0878. The maximum absolute atomic E-state index is 14.3. The first-order chi connectivity index (χ1) is 11.9. The zero-order valence-corrected chi connectivity index (χ0v) is 13.8. The molecule has 25 heavy (non-hydrogen) atoms. The maximum atomic E-state index is 14.3. The van der Waals surface area contributed by atoms with Crippen LogP contribution < -0.4 is 5.32 Å². The maximum Gasteiger partial charge on any atom is 0.249 e. The number of aliphatic hydroxyl groups excluding tert-OH is 1. The van der Waals surface area contributed by atoms with Crippen molar-refractivity contribution in [3.8, 4) is 0 Å². The Bertz CT molecular complexity index is 808. The second-order valence-corrected chi connectivity index (χ2v) is 6.91. The van der Waals surface area contributed by atoms with Gasteiger partial charge >= 0.3 is 0 Å². The highest BCUT2D eigenvalue weighted by Gasteiger charge is 2.48.